The smallest absolute Gasteiger partial charge is 0.368 e. The van der Waals surface area contributed by atoms with Crippen molar-refractivity contribution < 1.29 is 13.2 Å². The minimum Gasteiger partial charge on any atom is -0.368 e. The van der Waals surface area contributed by atoms with E-state index in [9.17, 15) is 13.2 Å². The van der Waals surface area contributed by atoms with Crippen LogP contribution in [0.15, 0.2) is 24.3 Å². The topological polar surface area (TPSA) is 29.3 Å². The molecule has 0 heterocycles. The van der Waals surface area contributed by atoms with Crippen molar-refractivity contribution in [3.8, 4) is 0 Å². The van der Waals surface area contributed by atoms with E-state index in [1.54, 1.807) is 12.1 Å². The molecule has 1 aliphatic rings. The summed E-state index contributed by atoms with van der Waals surface area (Å²) in [5.74, 6) is 0. The van der Waals surface area contributed by atoms with Crippen LogP contribution in [0.25, 0.3) is 0 Å². The Morgan fingerprint density at radius 2 is 1.80 bits per heavy atom. The molecule has 1 fully saturated rings. The molecule has 2 nitrogen and oxygen atoms in total. The Labute approximate surface area is 117 Å². The first-order valence-corrected chi connectivity index (χ1v) is 7.17. The monoisotopic (exact) mass is 286 g/mol. The summed E-state index contributed by atoms with van der Waals surface area (Å²) < 4.78 is 39.5. The van der Waals surface area contributed by atoms with Gasteiger partial charge in [0.2, 0.25) is 0 Å². The van der Waals surface area contributed by atoms with Gasteiger partial charge in [0, 0.05) is 18.3 Å². The van der Waals surface area contributed by atoms with Gasteiger partial charge in [0.1, 0.15) is 0 Å². The Kier molecular flexibility index (Phi) is 4.91. The van der Waals surface area contributed by atoms with Crippen LogP contribution in [0.3, 0.4) is 0 Å². The number of benzene rings is 1. The van der Waals surface area contributed by atoms with Crippen molar-refractivity contribution >= 4 is 5.69 Å². The molecular formula is C15H21F3N2. The van der Waals surface area contributed by atoms with E-state index in [1.165, 1.54) is 12.1 Å². The Morgan fingerprint density at radius 1 is 1.15 bits per heavy atom. The molecule has 0 atom stereocenters. The third-order valence-electron chi connectivity index (χ3n) is 3.89. The van der Waals surface area contributed by atoms with Crippen LogP contribution in [0, 0.1) is 0 Å². The first kappa shape index (κ1) is 15.2. The highest BCUT2D eigenvalue weighted by atomic mass is 19.4. The number of hydrogen-bond donors (Lipinski definition) is 1. The van der Waals surface area contributed by atoms with Crippen LogP contribution >= 0.6 is 0 Å². The Bertz CT molecular complexity index is 425. The van der Waals surface area contributed by atoms with E-state index in [4.69, 9.17) is 5.73 Å². The highest BCUT2D eigenvalue weighted by molar-refractivity contribution is 5.56. The van der Waals surface area contributed by atoms with E-state index >= 15 is 0 Å². The summed E-state index contributed by atoms with van der Waals surface area (Å²) in [6.45, 7) is 1.09. The molecule has 1 aromatic rings. The van der Waals surface area contributed by atoms with Crippen molar-refractivity contribution in [2.24, 2.45) is 5.73 Å². The van der Waals surface area contributed by atoms with Crippen molar-refractivity contribution in [2.75, 3.05) is 18.0 Å². The minimum atomic E-state index is -4.31. The van der Waals surface area contributed by atoms with Crippen molar-refractivity contribution in [3.63, 3.8) is 0 Å². The summed E-state index contributed by atoms with van der Waals surface area (Å²) >= 11 is 0. The van der Waals surface area contributed by atoms with E-state index in [2.05, 4.69) is 0 Å². The molecule has 2 rings (SSSR count). The zero-order valence-corrected chi connectivity index (χ0v) is 11.5. The summed E-state index contributed by atoms with van der Waals surface area (Å²) in [6, 6.07) is 6.08. The first-order chi connectivity index (χ1) is 9.54. The van der Waals surface area contributed by atoms with Crippen molar-refractivity contribution in [2.45, 2.75) is 44.3 Å². The second kappa shape index (κ2) is 6.48. The van der Waals surface area contributed by atoms with Crippen LogP contribution in [0.4, 0.5) is 18.9 Å². The second-order valence-corrected chi connectivity index (χ2v) is 5.29. The molecular weight excluding hydrogens is 265 g/mol. The van der Waals surface area contributed by atoms with Gasteiger partial charge >= 0.3 is 6.18 Å². The second-order valence-electron chi connectivity index (χ2n) is 5.29. The van der Waals surface area contributed by atoms with Gasteiger partial charge in [-0.3, -0.25) is 0 Å². The van der Waals surface area contributed by atoms with E-state index in [1.807, 2.05) is 4.90 Å². The molecule has 0 aromatic heterocycles. The largest absolute Gasteiger partial charge is 0.418 e. The molecule has 0 bridgehead atoms. The number of nitrogens with zero attached hydrogens (tertiary/aromatic N) is 1. The summed E-state index contributed by atoms with van der Waals surface area (Å²) in [5.41, 5.74) is 5.30. The molecule has 20 heavy (non-hydrogen) atoms. The fourth-order valence-electron chi connectivity index (χ4n) is 2.94. The summed E-state index contributed by atoms with van der Waals surface area (Å²) in [6.07, 6.45) is 0.530. The third kappa shape index (κ3) is 3.45. The molecule has 112 valence electrons. The van der Waals surface area contributed by atoms with Gasteiger partial charge in [-0.15, -0.1) is 0 Å². The van der Waals surface area contributed by atoms with E-state index in [0.717, 1.165) is 25.7 Å². The minimum absolute atomic E-state index is 0.213. The van der Waals surface area contributed by atoms with Crippen molar-refractivity contribution in [1.82, 2.24) is 0 Å². The van der Waals surface area contributed by atoms with Crippen LogP contribution in [-0.4, -0.2) is 19.1 Å². The average Bonchev–Trinajstić information content (AvgIpc) is 2.92. The molecule has 5 heteroatoms. The average molecular weight is 286 g/mol. The quantitative estimate of drug-likeness (QED) is 0.892. The number of para-hydroxylation sites is 1. The molecule has 1 saturated carbocycles. The summed E-state index contributed by atoms with van der Waals surface area (Å²) in [4.78, 5) is 1.92. The predicted octanol–water partition coefficient (Wildman–Crippen LogP) is 3.80. The van der Waals surface area contributed by atoms with Gasteiger partial charge in [-0.05, 0) is 37.9 Å². The number of halogens is 3. The van der Waals surface area contributed by atoms with E-state index in [0.29, 0.717) is 25.2 Å². The first-order valence-electron chi connectivity index (χ1n) is 7.17. The Hall–Kier alpha value is -1.23. The van der Waals surface area contributed by atoms with Crippen molar-refractivity contribution in [1.29, 1.82) is 0 Å². The SMILES string of the molecule is NCCCN(c1ccccc1C(F)(F)F)C1CCCC1. The van der Waals surface area contributed by atoms with Crippen LogP contribution < -0.4 is 10.6 Å². The highest BCUT2D eigenvalue weighted by Crippen LogP contribution is 2.39. The van der Waals surface area contributed by atoms with Gasteiger partial charge in [-0.25, -0.2) is 0 Å². The standard InChI is InChI=1S/C15H21F3N2/c16-15(17,18)13-8-3-4-9-14(13)20(11-5-10-19)12-6-1-2-7-12/h3-4,8-9,12H,1-2,5-7,10-11,19H2. The normalized spacial score (nSPS) is 16.6. The van der Waals surface area contributed by atoms with E-state index in [-0.39, 0.29) is 6.04 Å². The van der Waals surface area contributed by atoms with Gasteiger partial charge in [0.05, 0.1) is 5.56 Å². The lowest BCUT2D eigenvalue weighted by molar-refractivity contribution is -0.137. The number of nitrogens with two attached hydrogens (primary N) is 1. The maximum Gasteiger partial charge on any atom is 0.418 e. The summed E-state index contributed by atoms with van der Waals surface area (Å²) in [5, 5.41) is 0. The lowest BCUT2D eigenvalue weighted by Gasteiger charge is -2.33. The molecule has 0 radical (unpaired) electrons. The van der Waals surface area contributed by atoms with Crippen molar-refractivity contribution in [3.05, 3.63) is 29.8 Å². The lowest BCUT2D eigenvalue weighted by atomic mass is 10.1. The predicted molar refractivity (Wildman–Crippen MR) is 74.7 cm³/mol. The van der Waals surface area contributed by atoms with Crippen LogP contribution in [0.2, 0.25) is 0 Å². The van der Waals surface area contributed by atoms with E-state index < -0.39 is 11.7 Å². The molecule has 2 N–H and O–H groups in total. The highest BCUT2D eigenvalue weighted by Gasteiger charge is 2.36. The van der Waals surface area contributed by atoms with Crippen LogP contribution in [0.1, 0.15) is 37.7 Å². The third-order valence-corrected chi connectivity index (χ3v) is 3.89. The maximum absolute atomic E-state index is 13.2. The number of hydrogen-bond acceptors (Lipinski definition) is 2. The summed E-state index contributed by atoms with van der Waals surface area (Å²) in [7, 11) is 0. The fraction of sp³-hybridized carbons (Fsp3) is 0.600. The van der Waals surface area contributed by atoms with Gasteiger partial charge in [-0.2, -0.15) is 13.2 Å². The molecule has 1 aromatic carbocycles. The Balaban J connectivity index is 2.32. The lowest BCUT2D eigenvalue weighted by Crippen LogP contribution is -2.36. The molecule has 0 aliphatic heterocycles. The fourth-order valence-corrected chi connectivity index (χ4v) is 2.94. The molecule has 0 saturated heterocycles. The molecule has 0 amide bonds. The molecule has 1 aliphatic carbocycles. The molecule has 0 unspecified atom stereocenters. The zero-order chi connectivity index (χ0) is 14.6. The number of rotatable bonds is 5. The number of anilines is 1. The Morgan fingerprint density at radius 3 is 2.40 bits per heavy atom. The van der Waals surface area contributed by atoms with Crippen LogP contribution in [0.5, 0.6) is 0 Å². The zero-order valence-electron chi connectivity index (χ0n) is 11.5. The van der Waals surface area contributed by atoms with Gasteiger partial charge < -0.3 is 10.6 Å². The van der Waals surface area contributed by atoms with Gasteiger partial charge in [-0.1, -0.05) is 25.0 Å². The molecule has 0 spiro atoms. The number of alkyl halides is 3. The van der Waals surface area contributed by atoms with Crippen LogP contribution in [-0.2, 0) is 6.18 Å². The van der Waals surface area contributed by atoms with Gasteiger partial charge in [0.15, 0.2) is 0 Å². The van der Waals surface area contributed by atoms with Gasteiger partial charge in [0.25, 0.3) is 0 Å². The maximum atomic E-state index is 13.2.